The van der Waals surface area contributed by atoms with Crippen molar-refractivity contribution in [2.45, 2.75) is 12.1 Å². The molecule has 174 valence electrons. The molecule has 1 aliphatic rings. The zero-order valence-corrected chi connectivity index (χ0v) is 20.2. The molecule has 3 aromatic rings. The van der Waals surface area contributed by atoms with E-state index in [1.165, 1.54) is 11.8 Å². The highest BCUT2D eigenvalue weighted by atomic mass is 35.5. The molecular formula is C23H26ClN5O3S. The molecule has 8 nitrogen and oxygen atoms in total. The summed E-state index contributed by atoms with van der Waals surface area (Å²) in [6, 6.07) is 12.9. The van der Waals surface area contributed by atoms with Gasteiger partial charge in [0.2, 0.25) is 11.8 Å². The van der Waals surface area contributed by atoms with Gasteiger partial charge in [-0.3, -0.25) is 4.79 Å². The van der Waals surface area contributed by atoms with Crippen LogP contribution < -0.4 is 15.0 Å². The van der Waals surface area contributed by atoms with Crippen LogP contribution in [0.5, 0.6) is 5.75 Å². The largest absolute Gasteiger partial charge is 0.497 e. The van der Waals surface area contributed by atoms with Gasteiger partial charge in [0.05, 0.1) is 24.2 Å². The van der Waals surface area contributed by atoms with Gasteiger partial charge >= 0.3 is 0 Å². The lowest BCUT2D eigenvalue weighted by Gasteiger charge is -2.36. The smallest absolute Gasteiger partial charge is 0.277 e. The highest BCUT2D eigenvalue weighted by Crippen LogP contribution is 2.31. The number of benzene rings is 2. The second-order valence-electron chi connectivity index (χ2n) is 7.52. The summed E-state index contributed by atoms with van der Waals surface area (Å²) in [6.45, 7) is 7.02. The molecule has 1 aromatic heterocycles. The van der Waals surface area contributed by atoms with Crippen molar-refractivity contribution in [2.75, 3.05) is 55.8 Å². The van der Waals surface area contributed by atoms with Crippen LogP contribution in [0.4, 0.5) is 11.4 Å². The number of methoxy groups -OCH3 is 1. The van der Waals surface area contributed by atoms with Crippen molar-refractivity contribution in [3.63, 3.8) is 0 Å². The third-order valence-corrected chi connectivity index (χ3v) is 6.52. The molecule has 0 saturated carbocycles. The number of nitrogens with one attached hydrogen (secondary N) is 1. The molecule has 0 unspecified atom stereocenters. The summed E-state index contributed by atoms with van der Waals surface area (Å²) in [5, 5.41) is 12.0. The number of anilines is 2. The van der Waals surface area contributed by atoms with E-state index in [2.05, 4.69) is 32.2 Å². The number of aromatic nitrogens is 2. The highest BCUT2D eigenvalue weighted by Gasteiger charge is 2.20. The van der Waals surface area contributed by atoms with Crippen molar-refractivity contribution >= 4 is 40.6 Å². The summed E-state index contributed by atoms with van der Waals surface area (Å²) in [4.78, 5) is 17.4. The monoisotopic (exact) mass is 487 g/mol. The van der Waals surface area contributed by atoms with E-state index in [1.54, 1.807) is 13.2 Å². The number of piperazine rings is 1. The zero-order valence-electron chi connectivity index (χ0n) is 18.6. The fourth-order valence-corrected chi connectivity index (χ4v) is 4.36. The minimum Gasteiger partial charge on any atom is -0.497 e. The topological polar surface area (TPSA) is 83.7 Å². The van der Waals surface area contributed by atoms with Crippen LogP contribution in [0.2, 0.25) is 5.02 Å². The molecule has 0 bridgehead atoms. The Balaban J connectivity index is 1.36. The molecular weight excluding hydrogens is 462 g/mol. The molecule has 0 radical (unpaired) electrons. The first kappa shape index (κ1) is 23.4. The number of halogens is 1. The van der Waals surface area contributed by atoms with E-state index in [9.17, 15) is 4.79 Å². The predicted octanol–water partition coefficient (Wildman–Crippen LogP) is 4.27. The van der Waals surface area contributed by atoms with E-state index in [-0.39, 0.29) is 11.7 Å². The molecule has 1 amide bonds. The fourth-order valence-electron chi connectivity index (χ4n) is 3.62. The zero-order chi connectivity index (χ0) is 23.2. The number of rotatable bonds is 8. The maximum Gasteiger partial charge on any atom is 0.277 e. The SMILES string of the molecule is CCN1CCN(c2ccc(Cl)cc2NC(=O)CSc2nnc(-c3ccc(OC)cc3)o2)CC1. The molecule has 0 atom stereocenters. The lowest BCUT2D eigenvalue weighted by atomic mass is 10.2. The normalized spacial score (nSPS) is 14.3. The Labute approximate surface area is 202 Å². The quantitative estimate of drug-likeness (QED) is 0.471. The maximum absolute atomic E-state index is 12.7. The van der Waals surface area contributed by atoms with Gasteiger partial charge in [0.15, 0.2) is 0 Å². The summed E-state index contributed by atoms with van der Waals surface area (Å²) >= 11 is 7.40. The summed E-state index contributed by atoms with van der Waals surface area (Å²) in [5.41, 5.74) is 2.47. The van der Waals surface area contributed by atoms with Crippen LogP contribution in [0.25, 0.3) is 11.5 Å². The molecule has 1 N–H and O–H groups in total. The second-order valence-corrected chi connectivity index (χ2v) is 8.88. The molecule has 1 aliphatic heterocycles. The van der Waals surface area contributed by atoms with Gasteiger partial charge < -0.3 is 24.3 Å². The number of nitrogens with zero attached hydrogens (tertiary/aromatic N) is 4. The van der Waals surface area contributed by atoms with Crippen molar-refractivity contribution in [3.8, 4) is 17.2 Å². The fraction of sp³-hybridized carbons (Fsp3) is 0.348. The Hall–Kier alpha value is -2.75. The Morgan fingerprint density at radius 1 is 1.15 bits per heavy atom. The molecule has 4 rings (SSSR count). The van der Waals surface area contributed by atoms with Gasteiger partial charge in [0.1, 0.15) is 5.75 Å². The Bertz CT molecular complexity index is 1080. The first-order chi connectivity index (χ1) is 16.1. The van der Waals surface area contributed by atoms with Crippen LogP contribution in [-0.2, 0) is 4.79 Å². The maximum atomic E-state index is 12.7. The van der Waals surface area contributed by atoms with Crippen LogP contribution in [-0.4, -0.2) is 66.6 Å². The number of hydrogen-bond donors (Lipinski definition) is 1. The Morgan fingerprint density at radius 2 is 1.91 bits per heavy atom. The van der Waals surface area contributed by atoms with Gasteiger partial charge in [0.25, 0.3) is 5.22 Å². The number of amides is 1. The average molecular weight is 488 g/mol. The Kier molecular flexibility index (Phi) is 7.74. The van der Waals surface area contributed by atoms with E-state index in [0.717, 1.165) is 49.7 Å². The lowest BCUT2D eigenvalue weighted by molar-refractivity contribution is -0.113. The number of thioether (sulfide) groups is 1. The van der Waals surface area contributed by atoms with Crippen molar-refractivity contribution in [2.24, 2.45) is 0 Å². The van der Waals surface area contributed by atoms with E-state index in [0.29, 0.717) is 21.8 Å². The first-order valence-electron chi connectivity index (χ1n) is 10.7. The van der Waals surface area contributed by atoms with Crippen LogP contribution >= 0.6 is 23.4 Å². The second kappa shape index (κ2) is 10.9. The van der Waals surface area contributed by atoms with Crippen molar-refractivity contribution < 1.29 is 13.9 Å². The number of ether oxygens (including phenoxy) is 1. The van der Waals surface area contributed by atoms with E-state index in [1.807, 2.05) is 36.4 Å². The van der Waals surface area contributed by atoms with Gasteiger partial charge in [-0.25, -0.2) is 0 Å². The lowest BCUT2D eigenvalue weighted by Crippen LogP contribution is -2.46. The van der Waals surface area contributed by atoms with E-state index in [4.69, 9.17) is 20.8 Å². The minimum absolute atomic E-state index is 0.139. The summed E-state index contributed by atoms with van der Waals surface area (Å²) in [6.07, 6.45) is 0. The van der Waals surface area contributed by atoms with Gasteiger partial charge in [0, 0.05) is 36.8 Å². The van der Waals surface area contributed by atoms with Crippen LogP contribution in [0.3, 0.4) is 0 Å². The summed E-state index contributed by atoms with van der Waals surface area (Å²) in [5.74, 6) is 1.11. The number of hydrogen-bond acceptors (Lipinski definition) is 8. The predicted molar refractivity (Wildman–Crippen MR) is 131 cm³/mol. The number of carbonyl (C=O) groups is 1. The third-order valence-electron chi connectivity index (χ3n) is 5.46. The number of likely N-dealkylation sites (N-methyl/N-ethyl adjacent to an activating group) is 1. The summed E-state index contributed by atoms with van der Waals surface area (Å²) < 4.78 is 10.8. The standard InChI is InChI=1S/C23H26ClN5O3S/c1-3-28-10-12-29(13-11-28)20-9-6-17(24)14-19(20)25-21(30)15-33-23-27-26-22(32-23)16-4-7-18(31-2)8-5-16/h4-9,14H,3,10-13,15H2,1-2H3,(H,25,30). The molecule has 1 saturated heterocycles. The van der Waals surface area contributed by atoms with Crippen molar-refractivity contribution in [1.82, 2.24) is 15.1 Å². The highest BCUT2D eigenvalue weighted by molar-refractivity contribution is 7.99. The molecule has 2 aromatic carbocycles. The molecule has 10 heteroatoms. The molecule has 0 spiro atoms. The average Bonchev–Trinajstić information content (AvgIpc) is 3.32. The van der Waals surface area contributed by atoms with Crippen LogP contribution in [0.1, 0.15) is 6.92 Å². The van der Waals surface area contributed by atoms with Gasteiger partial charge in [-0.2, -0.15) is 0 Å². The van der Waals surface area contributed by atoms with Crippen LogP contribution in [0.15, 0.2) is 52.1 Å². The molecule has 0 aliphatic carbocycles. The van der Waals surface area contributed by atoms with E-state index < -0.39 is 0 Å². The number of carbonyl (C=O) groups excluding carboxylic acids is 1. The summed E-state index contributed by atoms with van der Waals surface area (Å²) in [7, 11) is 1.61. The van der Waals surface area contributed by atoms with Gasteiger partial charge in [-0.1, -0.05) is 30.3 Å². The molecule has 1 fully saturated rings. The van der Waals surface area contributed by atoms with Crippen molar-refractivity contribution in [1.29, 1.82) is 0 Å². The first-order valence-corrected chi connectivity index (χ1v) is 12.1. The minimum atomic E-state index is -0.167. The van der Waals surface area contributed by atoms with Gasteiger partial charge in [-0.15, -0.1) is 10.2 Å². The third kappa shape index (κ3) is 5.98. The molecule has 33 heavy (non-hydrogen) atoms. The molecule has 2 heterocycles. The van der Waals surface area contributed by atoms with Crippen molar-refractivity contribution in [3.05, 3.63) is 47.5 Å². The van der Waals surface area contributed by atoms with E-state index >= 15 is 0 Å². The van der Waals surface area contributed by atoms with Gasteiger partial charge in [-0.05, 0) is 49.0 Å². The Morgan fingerprint density at radius 3 is 2.61 bits per heavy atom. The van der Waals surface area contributed by atoms with Crippen LogP contribution in [0, 0.1) is 0 Å².